The van der Waals surface area contributed by atoms with E-state index in [2.05, 4.69) is 5.32 Å². The lowest BCUT2D eigenvalue weighted by atomic mass is 9.76. The summed E-state index contributed by atoms with van der Waals surface area (Å²) in [5.74, 6) is -1.84. The number of nitrogens with one attached hydrogen (secondary N) is 1. The molecule has 6 heteroatoms. The van der Waals surface area contributed by atoms with Crippen molar-refractivity contribution in [1.82, 2.24) is 10.2 Å². The molecule has 1 aliphatic heterocycles. The third-order valence-corrected chi connectivity index (χ3v) is 4.78. The van der Waals surface area contributed by atoms with Crippen LogP contribution in [0.15, 0.2) is 30.3 Å². The first-order valence-corrected chi connectivity index (χ1v) is 7.87. The number of hydrogen-bond acceptors (Lipinski definition) is 3. The first kappa shape index (κ1) is 15.5. The van der Waals surface area contributed by atoms with E-state index < -0.39 is 17.4 Å². The summed E-state index contributed by atoms with van der Waals surface area (Å²) in [6.45, 7) is 0.822. The van der Waals surface area contributed by atoms with Crippen LogP contribution in [0.25, 0.3) is 0 Å². The maximum Gasteiger partial charge on any atom is 0.329 e. The highest BCUT2D eigenvalue weighted by Crippen LogP contribution is 2.33. The molecule has 2 fully saturated rings. The number of amides is 2. The second kappa shape index (κ2) is 6.02. The molecule has 0 aromatic heterocycles. The van der Waals surface area contributed by atoms with Gasteiger partial charge in [-0.2, -0.15) is 0 Å². The second-order valence-corrected chi connectivity index (χ2v) is 6.39. The molecule has 0 bridgehead atoms. The van der Waals surface area contributed by atoms with Gasteiger partial charge in [0, 0.05) is 19.5 Å². The van der Waals surface area contributed by atoms with Crippen LogP contribution in [-0.2, 0) is 20.9 Å². The molecule has 2 N–H and O–H groups in total. The molecule has 1 atom stereocenters. The van der Waals surface area contributed by atoms with Gasteiger partial charge in [-0.15, -0.1) is 0 Å². The van der Waals surface area contributed by atoms with Gasteiger partial charge in [-0.3, -0.25) is 9.59 Å². The van der Waals surface area contributed by atoms with Crippen molar-refractivity contribution in [2.45, 2.75) is 37.8 Å². The Morgan fingerprint density at radius 2 is 1.96 bits per heavy atom. The zero-order valence-corrected chi connectivity index (χ0v) is 12.8. The highest BCUT2D eigenvalue weighted by molar-refractivity contribution is 5.93. The van der Waals surface area contributed by atoms with Crippen LogP contribution >= 0.6 is 0 Å². The van der Waals surface area contributed by atoms with Gasteiger partial charge in [-0.05, 0) is 24.8 Å². The number of nitrogens with zero attached hydrogens (tertiary/aromatic N) is 1. The topological polar surface area (TPSA) is 86.7 Å². The third kappa shape index (κ3) is 3.06. The van der Waals surface area contributed by atoms with E-state index in [1.807, 2.05) is 30.3 Å². The molecule has 6 nitrogen and oxygen atoms in total. The number of hydrogen-bond donors (Lipinski definition) is 2. The second-order valence-electron chi connectivity index (χ2n) is 6.39. The van der Waals surface area contributed by atoms with E-state index in [4.69, 9.17) is 0 Å². The van der Waals surface area contributed by atoms with E-state index in [0.29, 0.717) is 25.9 Å². The molecule has 1 aromatic rings. The molecule has 0 spiro atoms. The smallest absolute Gasteiger partial charge is 0.329 e. The molecule has 3 rings (SSSR count). The molecule has 1 saturated heterocycles. The van der Waals surface area contributed by atoms with Gasteiger partial charge in [-0.25, -0.2) is 4.79 Å². The lowest BCUT2D eigenvalue weighted by molar-refractivity contribution is -0.152. The summed E-state index contributed by atoms with van der Waals surface area (Å²) in [5, 5.41) is 11.9. The van der Waals surface area contributed by atoms with Crippen molar-refractivity contribution in [3.8, 4) is 0 Å². The summed E-state index contributed by atoms with van der Waals surface area (Å²) in [6, 6.07) is 9.61. The van der Waals surface area contributed by atoms with Crippen molar-refractivity contribution in [3.63, 3.8) is 0 Å². The molecular weight excluding hydrogens is 296 g/mol. The van der Waals surface area contributed by atoms with Crippen LogP contribution in [0, 0.1) is 5.92 Å². The Labute approximate surface area is 134 Å². The fourth-order valence-corrected chi connectivity index (χ4v) is 3.16. The van der Waals surface area contributed by atoms with Gasteiger partial charge in [-0.1, -0.05) is 30.3 Å². The van der Waals surface area contributed by atoms with E-state index >= 15 is 0 Å². The van der Waals surface area contributed by atoms with E-state index in [1.54, 1.807) is 4.90 Å². The maximum absolute atomic E-state index is 12.3. The fourth-order valence-electron chi connectivity index (χ4n) is 3.16. The van der Waals surface area contributed by atoms with Crippen LogP contribution in [0.4, 0.5) is 0 Å². The van der Waals surface area contributed by atoms with E-state index in [1.165, 1.54) is 0 Å². The summed E-state index contributed by atoms with van der Waals surface area (Å²) in [7, 11) is 0. The Morgan fingerprint density at radius 1 is 1.26 bits per heavy atom. The zero-order valence-electron chi connectivity index (χ0n) is 12.8. The Hall–Kier alpha value is -2.37. The van der Waals surface area contributed by atoms with Gasteiger partial charge in [0.05, 0.1) is 5.92 Å². The molecule has 1 aliphatic carbocycles. The van der Waals surface area contributed by atoms with Crippen LogP contribution in [0.1, 0.15) is 31.2 Å². The van der Waals surface area contributed by atoms with Crippen LogP contribution in [-0.4, -0.2) is 39.9 Å². The number of carboxylic acids is 1. The Bertz CT molecular complexity index is 625. The van der Waals surface area contributed by atoms with Crippen molar-refractivity contribution in [2.24, 2.45) is 5.92 Å². The van der Waals surface area contributed by atoms with Crippen LogP contribution < -0.4 is 5.32 Å². The molecule has 1 unspecified atom stereocenters. The molecule has 23 heavy (non-hydrogen) atoms. The summed E-state index contributed by atoms with van der Waals surface area (Å²) in [6.07, 6.45) is 1.87. The number of likely N-dealkylation sites (tertiary alicyclic amines) is 1. The van der Waals surface area contributed by atoms with Gasteiger partial charge >= 0.3 is 5.97 Å². The normalized spacial score (nSPS) is 22.5. The van der Waals surface area contributed by atoms with Crippen molar-refractivity contribution in [2.75, 3.05) is 6.54 Å². The average molecular weight is 316 g/mol. The largest absolute Gasteiger partial charge is 0.480 e. The van der Waals surface area contributed by atoms with Crippen molar-refractivity contribution in [3.05, 3.63) is 35.9 Å². The third-order valence-electron chi connectivity index (χ3n) is 4.78. The minimum atomic E-state index is -1.12. The van der Waals surface area contributed by atoms with Gasteiger partial charge in [0.2, 0.25) is 11.8 Å². The monoisotopic (exact) mass is 316 g/mol. The van der Waals surface area contributed by atoms with Crippen LogP contribution in [0.2, 0.25) is 0 Å². The number of carbonyl (C=O) groups excluding carboxylic acids is 2. The highest BCUT2D eigenvalue weighted by atomic mass is 16.4. The summed E-state index contributed by atoms with van der Waals surface area (Å²) < 4.78 is 0. The van der Waals surface area contributed by atoms with Crippen molar-refractivity contribution >= 4 is 17.8 Å². The van der Waals surface area contributed by atoms with Crippen molar-refractivity contribution < 1.29 is 19.5 Å². The summed E-state index contributed by atoms with van der Waals surface area (Å²) in [5.41, 5.74) is -0.101. The lowest BCUT2D eigenvalue weighted by Gasteiger charge is -2.38. The van der Waals surface area contributed by atoms with E-state index in [-0.39, 0.29) is 18.2 Å². The van der Waals surface area contributed by atoms with E-state index in [9.17, 15) is 19.5 Å². The zero-order chi connectivity index (χ0) is 16.4. The minimum absolute atomic E-state index is 0.0630. The Morgan fingerprint density at radius 3 is 2.52 bits per heavy atom. The Balaban J connectivity index is 1.61. The molecule has 0 radical (unpaired) electrons. The quantitative estimate of drug-likeness (QED) is 0.853. The molecule has 2 amide bonds. The number of rotatable bonds is 5. The van der Waals surface area contributed by atoms with Gasteiger partial charge < -0.3 is 15.3 Å². The van der Waals surface area contributed by atoms with E-state index in [0.717, 1.165) is 12.0 Å². The predicted octanol–water partition coefficient (Wildman–Crippen LogP) is 1.16. The van der Waals surface area contributed by atoms with Gasteiger partial charge in [0.1, 0.15) is 5.54 Å². The average Bonchev–Trinajstić information content (AvgIpc) is 2.85. The van der Waals surface area contributed by atoms with Crippen LogP contribution in [0.3, 0.4) is 0 Å². The predicted molar refractivity (Wildman–Crippen MR) is 82.3 cm³/mol. The number of carbonyl (C=O) groups is 3. The summed E-state index contributed by atoms with van der Waals surface area (Å²) >= 11 is 0. The standard InChI is InChI=1S/C17H20N2O4/c20-14-9-13(11-19(14)10-12-5-2-1-3-6-12)15(21)18-17(16(22)23)7-4-8-17/h1-3,5-6,13H,4,7-11H2,(H,18,21)(H,22,23). The van der Waals surface area contributed by atoms with Crippen molar-refractivity contribution in [1.29, 1.82) is 0 Å². The summed E-state index contributed by atoms with van der Waals surface area (Å²) in [4.78, 5) is 37.4. The SMILES string of the molecule is O=C(NC1(C(=O)O)CCC1)C1CC(=O)N(Cc2ccccc2)C1. The number of carboxylic acid groups (broad SMARTS) is 1. The molecule has 1 saturated carbocycles. The number of aliphatic carboxylic acids is 1. The highest BCUT2D eigenvalue weighted by Gasteiger charge is 2.47. The fraction of sp³-hybridized carbons (Fsp3) is 0.471. The first-order valence-electron chi connectivity index (χ1n) is 7.87. The Kier molecular flexibility index (Phi) is 4.07. The van der Waals surface area contributed by atoms with Crippen LogP contribution in [0.5, 0.6) is 0 Å². The van der Waals surface area contributed by atoms with Gasteiger partial charge in [0.15, 0.2) is 0 Å². The molecule has 2 aliphatic rings. The molecule has 1 heterocycles. The van der Waals surface area contributed by atoms with Gasteiger partial charge in [0.25, 0.3) is 0 Å². The maximum atomic E-state index is 12.3. The number of benzene rings is 1. The minimum Gasteiger partial charge on any atom is -0.480 e. The lowest BCUT2D eigenvalue weighted by Crippen LogP contribution is -2.60. The molecule has 122 valence electrons. The molecular formula is C17H20N2O4. The molecule has 1 aromatic carbocycles. The first-order chi connectivity index (χ1) is 11.0.